The predicted molar refractivity (Wildman–Crippen MR) is 99.0 cm³/mol. The van der Waals surface area contributed by atoms with Crippen molar-refractivity contribution in [3.8, 4) is 5.75 Å². The highest BCUT2D eigenvalue weighted by Gasteiger charge is 2.26. The Labute approximate surface area is 153 Å². The van der Waals surface area contributed by atoms with E-state index in [0.29, 0.717) is 30.2 Å². The number of benzene rings is 1. The van der Waals surface area contributed by atoms with Gasteiger partial charge in [-0.25, -0.2) is 0 Å². The van der Waals surface area contributed by atoms with Crippen molar-refractivity contribution in [2.45, 2.75) is 39.2 Å². The number of carbonyl (C=O) groups excluding carboxylic acids is 3. The number of methoxy groups -OCH3 is 1. The Balaban J connectivity index is 1.99. The molecule has 2 rings (SSSR count). The minimum absolute atomic E-state index is 0.0312. The molecule has 1 atom stereocenters. The molecule has 1 unspecified atom stereocenters. The van der Waals surface area contributed by atoms with E-state index in [-0.39, 0.29) is 30.3 Å². The first kappa shape index (κ1) is 19.7. The van der Waals surface area contributed by atoms with E-state index in [1.165, 1.54) is 18.9 Å². The van der Waals surface area contributed by atoms with Gasteiger partial charge in [0.25, 0.3) is 0 Å². The van der Waals surface area contributed by atoms with Gasteiger partial charge in [-0.1, -0.05) is 13.3 Å². The van der Waals surface area contributed by atoms with Crippen molar-refractivity contribution in [2.75, 3.05) is 31.0 Å². The lowest BCUT2D eigenvalue weighted by atomic mass is 10.1. The Morgan fingerprint density at radius 2 is 2.12 bits per heavy atom. The maximum atomic E-state index is 12.4. The number of carbonyl (C=O) groups is 3. The van der Waals surface area contributed by atoms with E-state index in [2.05, 4.69) is 22.9 Å². The van der Waals surface area contributed by atoms with Gasteiger partial charge in [-0.05, 0) is 24.6 Å². The first-order valence-corrected chi connectivity index (χ1v) is 8.69. The van der Waals surface area contributed by atoms with Crippen LogP contribution in [0.4, 0.5) is 11.4 Å². The quantitative estimate of drug-likeness (QED) is 0.683. The van der Waals surface area contributed by atoms with E-state index < -0.39 is 0 Å². The fraction of sp³-hybridized carbons (Fsp3) is 0.500. The van der Waals surface area contributed by atoms with Gasteiger partial charge in [0.2, 0.25) is 17.7 Å². The molecule has 8 heteroatoms. The number of ether oxygens (including phenoxy) is 1. The van der Waals surface area contributed by atoms with Crippen molar-refractivity contribution < 1.29 is 19.1 Å². The van der Waals surface area contributed by atoms with Crippen LogP contribution in [0.5, 0.6) is 5.75 Å². The van der Waals surface area contributed by atoms with Crippen LogP contribution in [0.15, 0.2) is 18.2 Å². The second-order valence-electron chi connectivity index (χ2n) is 6.29. The Kier molecular flexibility index (Phi) is 6.97. The molecule has 1 aliphatic heterocycles. The first-order valence-electron chi connectivity index (χ1n) is 8.69. The summed E-state index contributed by atoms with van der Waals surface area (Å²) in [5.41, 5.74) is 0.983. The second kappa shape index (κ2) is 9.19. The molecule has 0 bridgehead atoms. The summed E-state index contributed by atoms with van der Waals surface area (Å²) in [5, 5.41) is 8.67. The van der Waals surface area contributed by atoms with Crippen molar-refractivity contribution in [1.29, 1.82) is 0 Å². The summed E-state index contributed by atoms with van der Waals surface area (Å²) >= 11 is 0. The molecule has 0 saturated carbocycles. The predicted octanol–water partition coefficient (Wildman–Crippen LogP) is 1.54. The van der Waals surface area contributed by atoms with Crippen LogP contribution < -0.4 is 20.7 Å². The minimum atomic E-state index is -0.327. The summed E-state index contributed by atoms with van der Waals surface area (Å²) in [5.74, 6) is -0.0960. The molecule has 1 aliphatic rings. The fourth-order valence-corrected chi connectivity index (χ4v) is 2.89. The monoisotopic (exact) mass is 362 g/mol. The van der Waals surface area contributed by atoms with Crippen LogP contribution in [-0.2, 0) is 14.4 Å². The van der Waals surface area contributed by atoms with Gasteiger partial charge in [-0.3, -0.25) is 19.7 Å². The third-order valence-electron chi connectivity index (χ3n) is 4.11. The summed E-state index contributed by atoms with van der Waals surface area (Å²) < 4.78 is 5.24. The lowest BCUT2D eigenvalue weighted by molar-refractivity contribution is -0.138. The average Bonchev–Trinajstić information content (AvgIpc) is 2.57. The lowest BCUT2D eigenvalue weighted by Gasteiger charge is -2.32. The highest BCUT2D eigenvalue weighted by atomic mass is 16.5. The highest BCUT2D eigenvalue weighted by Crippen LogP contribution is 2.28. The van der Waals surface area contributed by atoms with Gasteiger partial charge in [0.15, 0.2) is 0 Å². The van der Waals surface area contributed by atoms with Crippen LogP contribution in [0.25, 0.3) is 0 Å². The maximum absolute atomic E-state index is 12.4. The molecule has 3 amide bonds. The van der Waals surface area contributed by atoms with Crippen molar-refractivity contribution in [3.63, 3.8) is 0 Å². The van der Waals surface area contributed by atoms with Crippen molar-refractivity contribution in [2.24, 2.45) is 0 Å². The van der Waals surface area contributed by atoms with E-state index >= 15 is 0 Å². The smallest absolute Gasteiger partial charge is 0.244 e. The first-order chi connectivity index (χ1) is 12.4. The third-order valence-corrected chi connectivity index (χ3v) is 4.11. The topological polar surface area (TPSA) is 99.8 Å². The van der Waals surface area contributed by atoms with Crippen molar-refractivity contribution in [1.82, 2.24) is 10.2 Å². The molecule has 1 fully saturated rings. The van der Waals surface area contributed by atoms with Gasteiger partial charge in [0, 0.05) is 25.1 Å². The zero-order valence-electron chi connectivity index (χ0n) is 15.4. The van der Waals surface area contributed by atoms with Crippen LogP contribution in [0, 0.1) is 0 Å². The Morgan fingerprint density at radius 1 is 1.35 bits per heavy atom. The Bertz CT molecular complexity index is 677. The largest absolute Gasteiger partial charge is 0.495 e. The van der Waals surface area contributed by atoms with Gasteiger partial charge in [0.05, 0.1) is 19.5 Å². The van der Waals surface area contributed by atoms with E-state index in [1.54, 1.807) is 18.2 Å². The van der Waals surface area contributed by atoms with Crippen molar-refractivity contribution in [3.05, 3.63) is 18.2 Å². The summed E-state index contributed by atoms with van der Waals surface area (Å²) in [4.78, 5) is 37.2. The van der Waals surface area contributed by atoms with Gasteiger partial charge in [-0.15, -0.1) is 0 Å². The van der Waals surface area contributed by atoms with Gasteiger partial charge in [0.1, 0.15) is 12.3 Å². The number of hydrogen-bond donors (Lipinski definition) is 3. The van der Waals surface area contributed by atoms with E-state index in [4.69, 9.17) is 4.74 Å². The summed E-state index contributed by atoms with van der Waals surface area (Å²) in [6.07, 6.45) is 2.36. The molecule has 1 heterocycles. The molecular weight excluding hydrogens is 336 g/mol. The Hall–Kier alpha value is -2.61. The zero-order valence-corrected chi connectivity index (χ0v) is 15.4. The molecular formula is C18H26N4O4. The number of amides is 3. The van der Waals surface area contributed by atoms with E-state index in [1.807, 2.05) is 0 Å². The molecule has 0 aliphatic carbocycles. The maximum Gasteiger partial charge on any atom is 0.244 e. The zero-order chi connectivity index (χ0) is 19.1. The number of nitrogens with zero attached hydrogens (tertiary/aromatic N) is 1. The fourth-order valence-electron chi connectivity index (χ4n) is 2.89. The van der Waals surface area contributed by atoms with Crippen LogP contribution >= 0.6 is 0 Å². The van der Waals surface area contributed by atoms with E-state index in [0.717, 1.165) is 12.8 Å². The average molecular weight is 362 g/mol. The molecule has 1 saturated heterocycles. The number of anilines is 2. The molecule has 1 aromatic carbocycles. The SMILES string of the molecule is CCCC1CC(=O)N(CC(=O)Nc2cc(NC(C)=O)ccc2OC)CN1. The standard InChI is InChI=1S/C18H26N4O4/c1-4-5-13-9-18(25)22(11-19-13)10-17(24)21-15-8-14(20-12(2)23)6-7-16(15)26-3/h6-8,13,19H,4-5,9-11H2,1-3H3,(H,20,23)(H,21,24). The van der Waals surface area contributed by atoms with E-state index in [9.17, 15) is 14.4 Å². The van der Waals surface area contributed by atoms with Gasteiger partial charge >= 0.3 is 0 Å². The van der Waals surface area contributed by atoms with Crippen LogP contribution in [-0.4, -0.2) is 49.0 Å². The summed E-state index contributed by atoms with van der Waals surface area (Å²) in [7, 11) is 1.50. The minimum Gasteiger partial charge on any atom is -0.495 e. The van der Waals surface area contributed by atoms with Crippen LogP contribution in [0.1, 0.15) is 33.1 Å². The molecule has 26 heavy (non-hydrogen) atoms. The molecule has 3 N–H and O–H groups in total. The molecule has 8 nitrogen and oxygen atoms in total. The molecule has 0 radical (unpaired) electrons. The van der Waals surface area contributed by atoms with Gasteiger partial charge < -0.3 is 20.3 Å². The van der Waals surface area contributed by atoms with Crippen molar-refractivity contribution >= 4 is 29.1 Å². The molecule has 142 valence electrons. The highest BCUT2D eigenvalue weighted by molar-refractivity contribution is 5.97. The number of rotatable bonds is 7. The summed E-state index contributed by atoms with van der Waals surface area (Å²) in [6.45, 7) is 3.80. The van der Waals surface area contributed by atoms with Crippen LogP contribution in [0.3, 0.4) is 0 Å². The second-order valence-corrected chi connectivity index (χ2v) is 6.29. The Morgan fingerprint density at radius 3 is 2.73 bits per heavy atom. The number of nitrogens with one attached hydrogen (secondary N) is 3. The number of hydrogen-bond acceptors (Lipinski definition) is 5. The molecule has 0 aromatic heterocycles. The normalized spacial score (nSPS) is 17.0. The lowest BCUT2D eigenvalue weighted by Crippen LogP contribution is -2.52. The molecule has 1 aromatic rings. The molecule has 0 spiro atoms. The van der Waals surface area contributed by atoms with Gasteiger partial charge in [-0.2, -0.15) is 0 Å². The van der Waals surface area contributed by atoms with Crippen LogP contribution in [0.2, 0.25) is 0 Å². The third kappa shape index (κ3) is 5.45. The summed E-state index contributed by atoms with van der Waals surface area (Å²) in [6, 6.07) is 5.14.